The van der Waals surface area contributed by atoms with Crippen LogP contribution in [-0.4, -0.2) is 15.9 Å². The smallest absolute Gasteiger partial charge is 0.311 e. The van der Waals surface area contributed by atoms with Gasteiger partial charge in [0.25, 0.3) is 0 Å². The summed E-state index contributed by atoms with van der Waals surface area (Å²) in [4.78, 5) is 25.3. The van der Waals surface area contributed by atoms with Gasteiger partial charge in [0.15, 0.2) is 0 Å². The van der Waals surface area contributed by atoms with E-state index in [9.17, 15) is 14.9 Å². The summed E-state index contributed by atoms with van der Waals surface area (Å²) in [6.45, 7) is 1.53. The summed E-state index contributed by atoms with van der Waals surface area (Å²) >= 11 is 3.18. The zero-order valence-corrected chi connectivity index (χ0v) is 13.2. The summed E-state index contributed by atoms with van der Waals surface area (Å²) in [6, 6.07) is 9.85. The van der Waals surface area contributed by atoms with Gasteiger partial charge in [-0.15, -0.1) is 0 Å². The molecule has 0 radical (unpaired) electrons. The standard InChI is InChI=1S/C14H12BrN3O4/c1-9(19)22-8-10-2-4-11(5-3-10)16-14-12(18(20)21)6-7-13(15)17-14/h2-7H,8H2,1H3,(H,16,17). The predicted octanol–water partition coefficient (Wildman–Crippen LogP) is 3.56. The van der Waals surface area contributed by atoms with Gasteiger partial charge < -0.3 is 10.1 Å². The van der Waals surface area contributed by atoms with Gasteiger partial charge >= 0.3 is 11.7 Å². The molecule has 2 rings (SSSR count). The van der Waals surface area contributed by atoms with Gasteiger partial charge in [0.05, 0.1) is 4.92 Å². The summed E-state index contributed by atoms with van der Waals surface area (Å²) in [5.41, 5.74) is 1.34. The van der Waals surface area contributed by atoms with Crippen LogP contribution in [0.4, 0.5) is 17.2 Å². The maximum atomic E-state index is 11.0. The number of hydrogen-bond donors (Lipinski definition) is 1. The van der Waals surface area contributed by atoms with Gasteiger partial charge in [-0.3, -0.25) is 14.9 Å². The molecule has 1 heterocycles. The minimum atomic E-state index is -0.503. The minimum Gasteiger partial charge on any atom is -0.461 e. The molecule has 8 heteroatoms. The van der Waals surface area contributed by atoms with Crippen molar-refractivity contribution in [3.8, 4) is 0 Å². The molecule has 0 fully saturated rings. The Labute approximate surface area is 134 Å². The molecule has 0 aliphatic heterocycles. The molecule has 2 aromatic rings. The molecule has 1 N–H and O–H groups in total. The number of carbonyl (C=O) groups is 1. The van der Waals surface area contributed by atoms with E-state index in [0.717, 1.165) is 5.56 Å². The Morgan fingerprint density at radius 3 is 2.59 bits per heavy atom. The highest BCUT2D eigenvalue weighted by Crippen LogP contribution is 2.27. The van der Waals surface area contributed by atoms with Crippen molar-refractivity contribution in [2.45, 2.75) is 13.5 Å². The zero-order valence-electron chi connectivity index (χ0n) is 11.6. The van der Waals surface area contributed by atoms with Crippen LogP contribution in [0.15, 0.2) is 41.0 Å². The van der Waals surface area contributed by atoms with E-state index in [1.54, 1.807) is 24.3 Å². The first-order valence-electron chi connectivity index (χ1n) is 6.26. The zero-order chi connectivity index (χ0) is 16.1. The summed E-state index contributed by atoms with van der Waals surface area (Å²) < 4.78 is 5.38. The number of esters is 1. The average molecular weight is 366 g/mol. The van der Waals surface area contributed by atoms with E-state index < -0.39 is 4.92 Å². The van der Waals surface area contributed by atoms with E-state index in [0.29, 0.717) is 10.3 Å². The molecule has 1 aromatic heterocycles. The third-order valence-corrected chi connectivity index (χ3v) is 3.14. The Morgan fingerprint density at radius 1 is 1.32 bits per heavy atom. The Hall–Kier alpha value is -2.48. The van der Waals surface area contributed by atoms with Gasteiger partial charge in [-0.1, -0.05) is 12.1 Å². The van der Waals surface area contributed by atoms with Gasteiger partial charge in [0, 0.05) is 18.7 Å². The van der Waals surface area contributed by atoms with Crippen molar-refractivity contribution in [3.63, 3.8) is 0 Å². The van der Waals surface area contributed by atoms with E-state index >= 15 is 0 Å². The monoisotopic (exact) mass is 365 g/mol. The molecule has 0 atom stereocenters. The van der Waals surface area contributed by atoms with Crippen LogP contribution in [0.3, 0.4) is 0 Å². The molecule has 7 nitrogen and oxygen atoms in total. The summed E-state index contributed by atoms with van der Waals surface area (Å²) in [7, 11) is 0. The fraction of sp³-hybridized carbons (Fsp3) is 0.143. The fourth-order valence-corrected chi connectivity index (χ4v) is 1.98. The molecule has 0 aliphatic carbocycles. The van der Waals surface area contributed by atoms with Crippen LogP contribution in [-0.2, 0) is 16.1 Å². The van der Waals surface area contributed by atoms with E-state index in [4.69, 9.17) is 4.74 Å². The topological polar surface area (TPSA) is 94.4 Å². The number of anilines is 2. The Balaban J connectivity index is 2.15. The van der Waals surface area contributed by atoms with Crippen molar-refractivity contribution in [3.05, 3.63) is 56.7 Å². The Bertz CT molecular complexity index is 704. The highest BCUT2D eigenvalue weighted by molar-refractivity contribution is 9.10. The second kappa shape index (κ2) is 6.99. The molecule has 114 valence electrons. The van der Waals surface area contributed by atoms with Crippen LogP contribution < -0.4 is 5.32 Å². The van der Waals surface area contributed by atoms with E-state index in [2.05, 4.69) is 26.2 Å². The number of pyridine rings is 1. The van der Waals surface area contributed by atoms with Crippen molar-refractivity contribution in [1.82, 2.24) is 4.98 Å². The second-order valence-corrected chi connectivity index (χ2v) is 5.17. The number of rotatable bonds is 5. The van der Waals surface area contributed by atoms with Crippen LogP contribution in [0.25, 0.3) is 0 Å². The SMILES string of the molecule is CC(=O)OCc1ccc(Nc2nc(Br)ccc2[N+](=O)[O-])cc1. The first-order valence-corrected chi connectivity index (χ1v) is 7.05. The normalized spacial score (nSPS) is 10.1. The van der Waals surface area contributed by atoms with Crippen molar-refractivity contribution in [1.29, 1.82) is 0 Å². The first kappa shape index (κ1) is 15.9. The third kappa shape index (κ3) is 4.26. The minimum absolute atomic E-state index is 0.118. The Kier molecular flexibility index (Phi) is 5.05. The second-order valence-electron chi connectivity index (χ2n) is 4.36. The first-order chi connectivity index (χ1) is 10.5. The van der Waals surface area contributed by atoms with Crippen molar-refractivity contribution in [2.24, 2.45) is 0 Å². The molecule has 0 saturated carbocycles. The van der Waals surface area contributed by atoms with Gasteiger partial charge in [-0.05, 0) is 39.7 Å². The van der Waals surface area contributed by atoms with Crippen molar-refractivity contribution >= 4 is 39.1 Å². The molecule has 1 aromatic carbocycles. The lowest BCUT2D eigenvalue weighted by molar-refractivity contribution is -0.384. The number of hydrogen-bond acceptors (Lipinski definition) is 6. The van der Waals surface area contributed by atoms with Crippen LogP contribution in [0.5, 0.6) is 0 Å². The Morgan fingerprint density at radius 2 is 2.00 bits per heavy atom. The lowest BCUT2D eigenvalue weighted by atomic mass is 10.2. The number of benzene rings is 1. The molecule has 0 aliphatic rings. The number of nitro groups is 1. The number of carbonyl (C=O) groups excluding carboxylic acids is 1. The highest BCUT2D eigenvalue weighted by Gasteiger charge is 2.15. The number of ether oxygens (including phenoxy) is 1. The maximum Gasteiger partial charge on any atom is 0.311 e. The summed E-state index contributed by atoms with van der Waals surface area (Å²) in [5, 5.41) is 13.9. The van der Waals surface area contributed by atoms with Crippen LogP contribution in [0.2, 0.25) is 0 Å². The number of nitrogens with zero attached hydrogens (tertiary/aromatic N) is 2. The molecule has 0 unspecified atom stereocenters. The molecule has 0 bridgehead atoms. The van der Waals surface area contributed by atoms with Gasteiger partial charge in [0.2, 0.25) is 5.82 Å². The lowest BCUT2D eigenvalue weighted by Gasteiger charge is -2.08. The number of nitrogens with one attached hydrogen (secondary N) is 1. The fourth-order valence-electron chi connectivity index (χ4n) is 1.67. The molecule has 0 amide bonds. The third-order valence-electron chi connectivity index (χ3n) is 2.70. The molecule has 22 heavy (non-hydrogen) atoms. The average Bonchev–Trinajstić information content (AvgIpc) is 2.46. The highest BCUT2D eigenvalue weighted by atomic mass is 79.9. The maximum absolute atomic E-state index is 11.0. The van der Waals surface area contributed by atoms with Gasteiger partial charge in [0.1, 0.15) is 11.2 Å². The van der Waals surface area contributed by atoms with Crippen LogP contribution in [0, 0.1) is 10.1 Å². The van der Waals surface area contributed by atoms with Crippen molar-refractivity contribution < 1.29 is 14.5 Å². The number of aromatic nitrogens is 1. The van der Waals surface area contributed by atoms with Gasteiger partial charge in [-0.25, -0.2) is 4.98 Å². The van der Waals surface area contributed by atoms with Gasteiger partial charge in [-0.2, -0.15) is 0 Å². The van der Waals surface area contributed by atoms with E-state index in [1.807, 2.05) is 0 Å². The largest absolute Gasteiger partial charge is 0.461 e. The molecular formula is C14H12BrN3O4. The van der Waals surface area contributed by atoms with Crippen molar-refractivity contribution in [2.75, 3.05) is 5.32 Å². The van der Waals surface area contributed by atoms with Crippen LogP contribution in [0.1, 0.15) is 12.5 Å². The summed E-state index contributed by atoms with van der Waals surface area (Å²) in [5.74, 6) is -0.205. The number of halogens is 1. The molecule has 0 saturated heterocycles. The molecule has 0 spiro atoms. The van der Waals surface area contributed by atoms with E-state index in [1.165, 1.54) is 19.1 Å². The molecular weight excluding hydrogens is 354 g/mol. The predicted molar refractivity (Wildman–Crippen MR) is 83.8 cm³/mol. The van der Waals surface area contributed by atoms with Crippen LogP contribution >= 0.6 is 15.9 Å². The quantitative estimate of drug-likeness (QED) is 0.376. The van der Waals surface area contributed by atoms with E-state index in [-0.39, 0.29) is 24.1 Å². The lowest BCUT2D eigenvalue weighted by Crippen LogP contribution is -2.01. The summed E-state index contributed by atoms with van der Waals surface area (Å²) in [6.07, 6.45) is 0.